The molecule has 0 heterocycles. The van der Waals surface area contributed by atoms with Crippen molar-refractivity contribution in [1.82, 2.24) is 0 Å². The molecule has 0 aliphatic heterocycles. The number of hydrogen-bond acceptors (Lipinski definition) is 8. The van der Waals surface area contributed by atoms with Crippen LogP contribution in [-0.2, 0) is 38.2 Å². The Morgan fingerprint density at radius 3 is 1.89 bits per heavy atom. The molecule has 0 atom stereocenters. The Labute approximate surface area is 157 Å². The maximum absolute atomic E-state index is 10.8. The highest BCUT2D eigenvalue weighted by Crippen LogP contribution is 1.96. The molecule has 0 aliphatic rings. The molecule has 0 saturated carbocycles. The molecule has 0 aromatic heterocycles. The predicted octanol–water partition coefficient (Wildman–Crippen LogP) is 1.37. The van der Waals surface area contributed by atoms with E-state index in [0.29, 0.717) is 0 Å². The molecule has 0 rings (SSSR count). The van der Waals surface area contributed by atoms with Gasteiger partial charge in [0, 0.05) is 11.6 Å². The van der Waals surface area contributed by atoms with E-state index in [-0.39, 0.29) is 43.2 Å². The third kappa shape index (κ3) is 17.4. The van der Waals surface area contributed by atoms with Crippen molar-refractivity contribution >= 4 is 29.7 Å². The SMILES string of the molecule is C=C(C)C(=O)OCCOC(=O)CC(C)=O.C=C(C=CC(=O)O)C(=O)OCC. The minimum atomic E-state index is -1.12. The minimum absolute atomic E-state index is 0.0271. The quantitative estimate of drug-likeness (QED) is 0.148. The molecule has 0 saturated heterocycles. The van der Waals surface area contributed by atoms with Crippen LogP contribution in [0.4, 0.5) is 0 Å². The summed E-state index contributed by atoms with van der Waals surface area (Å²) in [5, 5.41) is 8.19. The second kappa shape index (κ2) is 15.1. The number of ether oxygens (including phenoxy) is 3. The molecule has 0 radical (unpaired) electrons. The van der Waals surface area contributed by atoms with Crippen LogP contribution in [0.25, 0.3) is 0 Å². The average molecular weight is 384 g/mol. The average Bonchev–Trinajstić information content (AvgIpc) is 2.56. The molecule has 27 heavy (non-hydrogen) atoms. The summed E-state index contributed by atoms with van der Waals surface area (Å²) in [6.45, 7) is 11.3. The number of carboxylic acid groups (broad SMARTS) is 1. The first-order chi connectivity index (χ1) is 12.5. The fraction of sp³-hybridized carbons (Fsp3) is 0.389. The Hall–Kier alpha value is -3.23. The van der Waals surface area contributed by atoms with Crippen molar-refractivity contribution in [2.75, 3.05) is 19.8 Å². The minimum Gasteiger partial charge on any atom is -0.478 e. The summed E-state index contributed by atoms with van der Waals surface area (Å²) in [4.78, 5) is 53.0. The van der Waals surface area contributed by atoms with Crippen molar-refractivity contribution < 1.29 is 43.3 Å². The Bertz CT molecular complexity index is 614. The summed E-state index contributed by atoms with van der Waals surface area (Å²) in [5.41, 5.74) is 0.310. The lowest BCUT2D eigenvalue weighted by Crippen LogP contribution is -2.15. The largest absolute Gasteiger partial charge is 0.478 e. The Morgan fingerprint density at radius 1 is 0.889 bits per heavy atom. The Morgan fingerprint density at radius 2 is 1.44 bits per heavy atom. The highest BCUT2D eigenvalue weighted by atomic mass is 16.6. The molecule has 0 unspecified atom stereocenters. The van der Waals surface area contributed by atoms with E-state index in [2.05, 4.69) is 27.4 Å². The molecule has 0 aromatic rings. The van der Waals surface area contributed by atoms with E-state index in [4.69, 9.17) is 5.11 Å². The van der Waals surface area contributed by atoms with Crippen LogP contribution >= 0.6 is 0 Å². The van der Waals surface area contributed by atoms with Crippen LogP contribution in [0.1, 0.15) is 27.2 Å². The van der Waals surface area contributed by atoms with Gasteiger partial charge in [0.15, 0.2) is 0 Å². The Kier molecular flexibility index (Phi) is 14.5. The van der Waals surface area contributed by atoms with Gasteiger partial charge in [-0.05, 0) is 26.8 Å². The lowest BCUT2D eigenvalue weighted by atomic mass is 10.3. The molecule has 0 spiro atoms. The maximum Gasteiger partial charge on any atom is 0.337 e. The number of hydrogen-bond donors (Lipinski definition) is 1. The molecule has 9 nitrogen and oxygen atoms in total. The Balaban J connectivity index is 0. The van der Waals surface area contributed by atoms with Gasteiger partial charge in [0.1, 0.15) is 25.4 Å². The van der Waals surface area contributed by atoms with E-state index in [1.165, 1.54) is 13.8 Å². The van der Waals surface area contributed by atoms with Crippen molar-refractivity contribution in [2.24, 2.45) is 0 Å². The second-order valence-corrected chi connectivity index (χ2v) is 4.93. The zero-order chi connectivity index (χ0) is 21.4. The van der Waals surface area contributed by atoms with Gasteiger partial charge < -0.3 is 19.3 Å². The molecule has 0 aromatic carbocycles. The van der Waals surface area contributed by atoms with Gasteiger partial charge in [-0.1, -0.05) is 13.2 Å². The summed E-state index contributed by atoms with van der Waals surface area (Å²) < 4.78 is 13.8. The van der Waals surface area contributed by atoms with Crippen molar-refractivity contribution in [1.29, 1.82) is 0 Å². The summed E-state index contributed by atoms with van der Waals surface area (Å²) >= 11 is 0. The number of aliphatic carboxylic acids is 1. The molecular formula is C18H24O9. The van der Waals surface area contributed by atoms with Gasteiger partial charge in [0.2, 0.25) is 0 Å². The fourth-order valence-corrected chi connectivity index (χ4v) is 1.13. The molecule has 0 aliphatic carbocycles. The van der Waals surface area contributed by atoms with Crippen LogP contribution in [-0.4, -0.2) is 54.6 Å². The van der Waals surface area contributed by atoms with Crippen LogP contribution in [0.15, 0.2) is 36.5 Å². The molecule has 0 fully saturated rings. The number of ketones is 1. The number of carbonyl (C=O) groups excluding carboxylic acids is 4. The first kappa shape index (κ1) is 26.0. The molecule has 150 valence electrons. The predicted molar refractivity (Wildman–Crippen MR) is 94.6 cm³/mol. The van der Waals surface area contributed by atoms with Gasteiger partial charge in [-0.15, -0.1) is 0 Å². The van der Waals surface area contributed by atoms with Gasteiger partial charge in [0.05, 0.1) is 12.2 Å². The summed E-state index contributed by atoms with van der Waals surface area (Å²) in [6, 6.07) is 0. The van der Waals surface area contributed by atoms with Gasteiger partial charge in [-0.3, -0.25) is 9.59 Å². The van der Waals surface area contributed by atoms with Gasteiger partial charge >= 0.3 is 23.9 Å². The standard InChI is InChI=1S/C10H14O5.C8H10O4/c1-7(2)10(13)15-5-4-14-9(12)6-8(3)11;1-3-12-8(11)6(2)4-5-7(9)10/h1,4-6H2,2-3H3;4-5H,2-3H2,1H3,(H,9,10). The zero-order valence-corrected chi connectivity index (χ0v) is 15.6. The first-order valence-electron chi connectivity index (χ1n) is 7.75. The third-order valence-corrected chi connectivity index (χ3v) is 2.29. The van der Waals surface area contributed by atoms with Gasteiger partial charge in [-0.2, -0.15) is 0 Å². The van der Waals surface area contributed by atoms with E-state index in [0.717, 1.165) is 12.2 Å². The molecule has 1 N–H and O–H groups in total. The third-order valence-electron chi connectivity index (χ3n) is 2.29. The number of carbonyl (C=O) groups is 5. The normalized spacial score (nSPS) is 9.44. The molecule has 9 heteroatoms. The lowest BCUT2D eigenvalue weighted by molar-refractivity contribution is -0.151. The van der Waals surface area contributed by atoms with E-state index in [9.17, 15) is 24.0 Å². The van der Waals surface area contributed by atoms with Gasteiger partial charge in [0.25, 0.3) is 0 Å². The highest BCUT2D eigenvalue weighted by Gasteiger charge is 2.07. The number of carboxylic acids is 1. The zero-order valence-electron chi connectivity index (χ0n) is 15.6. The molecule has 0 bridgehead atoms. The topological polar surface area (TPSA) is 133 Å². The smallest absolute Gasteiger partial charge is 0.337 e. The molecular weight excluding hydrogens is 360 g/mol. The van der Waals surface area contributed by atoms with E-state index in [1.54, 1.807) is 6.92 Å². The monoisotopic (exact) mass is 384 g/mol. The van der Waals surface area contributed by atoms with Gasteiger partial charge in [-0.25, -0.2) is 14.4 Å². The maximum atomic E-state index is 10.8. The van der Waals surface area contributed by atoms with Crippen LogP contribution in [0.2, 0.25) is 0 Å². The van der Waals surface area contributed by atoms with Crippen molar-refractivity contribution in [3.8, 4) is 0 Å². The number of rotatable bonds is 10. The number of Topliss-reactive ketones (excluding diaryl/α,β-unsaturated/α-hetero) is 1. The van der Waals surface area contributed by atoms with Crippen molar-refractivity contribution in [3.63, 3.8) is 0 Å². The summed E-state index contributed by atoms with van der Waals surface area (Å²) in [5.74, 6) is -3.14. The van der Waals surface area contributed by atoms with Crippen LogP contribution in [0.5, 0.6) is 0 Å². The van der Waals surface area contributed by atoms with E-state index in [1.807, 2.05) is 0 Å². The highest BCUT2D eigenvalue weighted by molar-refractivity contribution is 5.94. The van der Waals surface area contributed by atoms with Crippen LogP contribution in [0, 0.1) is 0 Å². The second-order valence-electron chi connectivity index (χ2n) is 4.93. The lowest BCUT2D eigenvalue weighted by Gasteiger charge is -2.05. The summed E-state index contributed by atoms with van der Waals surface area (Å²) in [7, 11) is 0. The van der Waals surface area contributed by atoms with Crippen molar-refractivity contribution in [2.45, 2.75) is 27.2 Å². The van der Waals surface area contributed by atoms with Crippen LogP contribution in [0.3, 0.4) is 0 Å². The van der Waals surface area contributed by atoms with Crippen LogP contribution < -0.4 is 0 Å². The fourth-order valence-electron chi connectivity index (χ4n) is 1.13. The van der Waals surface area contributed by atoms with E-state index >= 15 is 0 Å². The van der Waals surface area contributed by atoms with E-state index < -0.39 is 23.9 Å². The molecule has 0 amide bonds. The first-order valence-corrected chi connectivity index (χ1v) is 7.75. The van der Waals surface area contributed by atoms with Crippen molar-refractivity contribution in [3.05, 3.63) is 36.5 Å². The number of esters is 3. The summed E-state index contributed by atoms with van der Waals surface area (Å²) in [6.07, 6.45) is 1.67.